The summed E-state index contributed by atoms with van der Waals surface area (Å²) >= 11 is 1.39. The standard InChI is InChI=1S/C24H20FN3O3S/c1-13(22(30)17-6-10-19(11-7-17)27-15(3)29)28-12-26-23-21(24(28)31)20(14(2)32-23)16-4-8-18(25)9-5-16/h4-13H,1-3H3,(H,27,29). The van der Waals surface area contributed by atoms with Crippen LogP contribution in [0.25, 0.3) is 21.3 Å². The van der Waals surface area contributed by atoms with Gasteiger partial charge in [-0.2, -0.15) is 0 Å². The van der Waals surface area contributed by atoms with Gasteiger partial charge in [-0.25, -0.2) is 9.37 Å². The zero-order valence-corrected chi connectivity index (χ0v) is 18.5. The quantitative estimate of drug-likeness (QED) is 0.436. The van der Waals surface area contributed by atoms with Crippen molar-refractivity contribution < 1.29 is 14.0 Å². The summed E-state index contributed by atoms with van der Waals surface area (Å²) in [5, 5.41) is 3.07. The van der Waals surface area contributed by atoms with Gasteiger partial charge in [0, 0.05) is 28.6 Å². The Morgan fingerprint density at radius 2 is 1.75 bits per heavy atom. The third-order valence-corrected chi connectivity index (χ3v) is 6.25. The van der Waals surface area contributed by atoms with E-state index in [1.807, 2.05) is 6.92 Å². The van der Waals surface area contributed by atoms with Crippen LogP contribution in [-0.2, 0) is 4.79 Å². The molecule has 0 aliphatic heterocycles. The van der Waals surface area contributed by atoms with Gasteiger partial charge in [0.2, 0.25) is 5.91 Å². The molecule has 0 bridgehead atoms. The molecule has 0 radical (unpaired) electrons. The minimum atomic E-state index is -0.785. The summed E-state index contributed by atoms with van der Waals surface area (Å²) < 4.78 is 14.7. The number of thiophene rings is 1. The average Bonchev–Trinajstić information content (AvgIpc) is 3.10. The number of rotatable bonds is 5. The summed E-state index contributed by atoms with van der Waals surface area (Å²) in [6.45, 7) is 4.94. The van der Waals surface area contributed by atoms with Gasteiger partial charge < -0.3 is 5.32 Å². The Labute approximate surface area is 187 Å². The molecule has 1 N–H and O–H groups in total. The Balaban J connectivity index is 1.74. The molecule has 0 saturated heterocycles. The molecule has 1 atom stereocenters. The lowest BCUT2D eigenvalue weighted by Crippen LogP contribution is -2.28. The number of amides is 1. The maximum atomic E-state index is 13.4. The maximum absolute atomic E-state index is 13.4. The Morgan fingerprint density at radius 3 is 2.38 bits per heavy atom. The SMILES string of the molecule is CC(=O)Nc1ccc(C(=O)C(C)n2cnc3sc(C)c(-c4ccc(F)cc4)c3c2=O)cc1. The van der Waals surface area contributed by atoms with Crippen molar-refractivity contribution in [3.05, 3.63) is 81.5 Å². The van der Waals surface area contributed by atoms with Crippen LogP contribution in [0.1, 0.15) is 35.1 Å². The van der Waals surface area contributed by atoms with E-state index in [9.17, 15) is 18.8 Å². The third kappa shape index (κ3) is 3.97. The van der Waals surface area contributed by atoms with Gasteiger partial charge in [-0.1, -0.05) is 12.1 Å². The topological polar surface area (TPSA) is 81.1 Å². The lowest BCUT2D eigenvalue weighted by Gasteiger charge is -2.14. The molecule has 6 nitrogen and oxygen atoms in total. The van der Waals surface area contributed by atoms with E-state index >= 15 is 0 Å². The van der Waals surface area contributed by atoms with E-state index in [2.05, 4.69) is 10.3 Å². The van der Waals surface area contributed by atoms with Crippen molar-refractivity contribution in [3.8, 4) is 11.1 Å². The van der Waals surface area contributed by atoms with Crippen LogP contribution in [-0.4, -0.2) is 21.2 Å². The van der Waals surface area contributed by atoms with Crippen molar-refractivity contribution in [1.29, 1.82) is 0 Å². The molecule has 0 aliphatic rings. The molecular weight excluding hydrogens is 429 g/mol. The summed E-state index contributed by atoms with van der Waals surface area (Å²) in [6, 6.07) is 11.7. The maximum Gasteiger partial charge on any atom is 0.263 e. The number of nitrogens with one attached hydrogen (secondary N) is 1. The Hall–Kier alpha value is -3.65. The van der Waals surface area contributed by atoms with Crippen LogP contribution in [0.15, 0.2) is 59.7 Å². The highest BCUT2D eigenvalue weighted by atomic mass is 32.1. The molecule has 2 aromatic carbocycles. The predicted molar refractivity (Wildman–Crippen MR) is 124 cm³/mol. The number of benzene rings is 2. The van der Waals surface area contributed by atoms with Crippen LogP contribution in [0.3, 0.4) is 0 Å². The summed E-state index contributed by atoms with van der Waals surface area (Å²) in [4.78, 5) is 43.5. The predicted octanol–water partition coefficient (Wildman–Crippen LogP) is 4.97. The van der Waals surface area contributed by atoms with E-state index in [0.29, 0.717) is 27.0 Å². The molecule has 4 aromatic rings. The third-order valence-electron chi connectivity index (χ3n) is 5.23. The summed E-state index contributed by atoms with van der Waals surface area (Å²) in [6.07, 6.45) is 1.39. The molecule has 0 saturated carbocycles. The highest BCUT2D eigenvalue weighted by Crippen LogP contribution is 2.35. The minimum Gasteiger partial charge on any atom is -0.326 e. The van der Waals surface area contributed by atoms with Crippen molar-refractivity contribution in [2.45, 2.75) is 26.8 Å². The lowest BCUT2D eigenvalue weighted by atomic mass is 10.0. The summed E-state index contributed by atoms with van der Waals surface area (Å²) in [7, 11) is 0. The number of aromatic nitrogens is 2. The van der Waals surface area contributed by atoms with Crippen molar-refractivity contribution in [2.24, 2.45) is 0 Å². The average molecular weight is 450 g/mol. The number of aryl methyl sites for hydroxylation is 1. The van der Waals surface area contributed by atoms with Gasteiger partial charge in [-0.15, -0.1) is 11.3 Å². The number of hydrogen-bond donors (Lipinski definition) is 1. The highest BCUT2D eigenvalue weighted by molar-refractivity contribution is 7.19. The van der Waals surface area contributed by atoms with E-state index in [1.165, 1.54) is 41.3 Å². The number of anilines is 1. The van der Waals surface area contributed by atoms with Crippen LogP contribution >= 0.6 is 11.3 Å². The van der Waals surface area contributed by atoms with E-state index in [0.717, 1.165) is 10.4 Å². The van der Waals surface area contributed by atoms with Crippen LogP contribution in [0, 0.1) is 12.7 Å². The molecule has 0 fully saturated rings. The second-order valence-corrected chi connectivity index (χ2v) is 8.68. The van der Waals surface area contributed by atoms with Gasteiger partial charge in [-0.05, 0) is 55.8 Å². The van der Waals surface area contributed by atoms with Crippen LogP contribution in [0.2, 0.25) is 0 Å². The monoisotopic (exact) mass is 449 g/mol. The van der Waals surface area contributed by atoms with E-state index in [1.54, 1.807) is 43.3 Å². The summed E-state index contributed by atoms with van der Waals surface area (Å²) in [5.41, 5.74) is 2.10. The summed E-state index contributed by atoms with van der Waals surface area (Å²) in [5.74, 6) is -0.811. The van der Waals surface area contributed by atoms with E-state index < -0.39 is 6.04 Å². The second-order valence-electron chi connectivity index (χ2n) is 7.48. The first-order chi connectivity index (χ1) is 15.3. The van der Waals surface area contributed by atoms with Crippen LogP contribution in [0.5, 0.6) is 0 Å². The largest absolute Gasteiger partial charge is 0.326 e. The number of halogens is 1. The molecule has 32 heavy (non-hydrogen) atoms. The fourth-order valence-electron chi connectivity index (χ4n) is 3.64. The molecule has 0 spiro atoms. The molecule has 2 aromatic heterocycles. The van der Waals surface area contributed by atoms with Crippen molar-refractivity contribution in [3.63, 3.8) is 0 Å². The normalized spacial score (nSPS) is 12.0. The number of carbonyl (C=O) groups excluding carboxylic acids is 2. The molecule has 2 heterocycles. The van der Waals surface area contributed by atoms with Crippen molar-refractivity contribution in [1.82, 2.24) is 9.55 Å². The number of ketones is 1. The smallest absolute Gasteiger partial charge is 0.263 e. The fourth-order valence-corrected chi connectivity index (χ4v) is 4.65. The van der Waals surface area contributed by atoms with Crippen molar-refractivity contribution in [2.75, 3.05) is 5.32 Å². The first kappa shape index (κ1) is 21.6. The highest BCUT2D eigenvalue weighted by Gasteiger charge is 2.22. The van der Waals surface area contributed by atoms with Crippen LogP contribution in [0.4, 0.5) is 10.1 Å². The first-order valence-corrected chi connectivity index (χ1v) is 10.8. The molecular formula is C24H20FN3O3S. The number of fused-ring (bicyclic) bond motifs is 1. The van der Waals surface area contributed by atoms with Gasteiger partial charge in [-0.3, -0.25) is 19.0 Å². The molecule has 1 amide bonds. The van der Waals surface area contributed by atoms with Gasteiger partial charge in [0.15, 0.2) is 5.78 Å². The van der Waals surface area contributed by atoms with E-state index in [4.69, 9.17) is 0 Å². The fraction of sp³-hybridized carbons (Fsp3) is 0.167. The Bertz CT molecular complexity index is 1390. The minimum absolute atomic E-state index is 0.202. The zero-order valence-electron chi connectivity index (χ0n) is 17.7. The molecule has 1 unspecified atom stereocenters. The Morgan fingerprint density at radius 1 is 1.09 bits per heavy atom. The second kappa shape index (κ2) is 8.47. The van der Waals surface area contributed by atoms with Gasteiger partial charge in [0.25, 0.3) is 5.56 Å². The first-order valence-electron chi connectivity index (χ1n) is 9.94. The molecule has 0 aliphatic carbocycles. The van der Waals surface area contributed by atoms with Gasteiger partial charge in [0.1, 0.15) is 10.6 Å². The number of carbonyl (C=O) groups is 2. The molecule has 8 heteroatoms. The van der Waals surface area contributed by atoms with Gasteiger partial charge >= 0.3 is 0 Å². The number of Topliss-reactive ketones (excluding diaryl/α,β-unsaturated/α-hetero) is 1. The zero-order chi connectivity index (χ0) is 23.0. The number of hydrogen-bond acceptors (Lipinski definition) is 5. The lowest BCUT2D eigenvalue weighted by molar-refractivity contribution is -0.114. The molecule has 4 rings (SSSR count). The molecule has 162 valence electrons. The van der Waals surface area contributed by atoms with Crippen molar-refractivity contribution >= 4 is 38.9 Å². The Kier molecular flexibility index (Phi) is 5.71. The number of nitrogens with zero attached hydrogens (tertiary/aromatic N) is 2. The van der Waals surface area contributed by atoms with Crippen LogP contribution < -0.4 is 10.9 Å². The van der Waals surface area contributed by atoms with E-state index in [-0.39, 0.29) is 23.1 Å². The van der Waals surface area contributed by atoms with Gasteiger partial charge in [0.05, 0.1) is 17.8 Å².